The number of hydrogen-bond donors (Lipinski definition) is 0. The lowest BCUT2D eigenvalue weighted by molar-refractivity contribution is 0.954. The smallest absolute Gasteiger partial charge is 0.0910 e. The standard InChI is InChI=1S/C7H11N2/c1-3-5-6-7(4-2)9-8/h4,6H,2-3,5H2,1H3/q+1/b7-6+. The SMILES string of the molecule is C=C/C(=C\CCC)[N+]#N. The molecule has 0 spiro atoms. The first-order chi connectivity index (χ1) is 4.35. The summed E-state index contributed by atoms with van der Waals surface area (Å²) in [4.78, 5) is 2.99. The van der Waals surface area contributed by atoms with E-state index < -0.39 is 0 Å². The van der Waals surface area contributed by atoms with Crippen LogP contribution in [0.3, 0.4) is 0 Å². The fourth-order valence-electron chi connectivity index (χ4n) is 0.457. The van der Waals surface area contributed by atoms with Gasteiger partial charge < -0.3 is 0 Å². The van der Waals surface area contributed by atoms with Crippen molar-refractivity contribution < 1.29 is 0 Å². The molecule has 0 heterocycles. The summed E-state index contributed by atoms with van der Waals surface area (Å²) in [7, 11) is 0. The minimum atomic E-state index is 0.553. The molecule has 9 heavy (non-hydrogen) atoms. The molecule has 0 radical (unpaired) electrons. The highest BCUT2D eigenvalue weighted by molar-refractivity contribution is 5.21. The minimum Gasteiger partial charge on any atom is -0.0910 e. The Morgan fingerprint density at radius 2 is 2.44 bits per heavy atom. The maximum atomic E-state index is 8.24. The van der Waals surface area contributed by atoms with Crippen LogP contribution in [0.4, 0.5) is 0 Å². The summed E-state index contributed by atoms with van der Waals surface area (Å²) in [6.07, 6.45) is 5.36. The predicted octanol–water partition coefficient (Wildman–Crippen LogP) is 2.71. The first-order valence-electron chi connectivity index (χ1n) is 3.02. The Hall–Kier alpha value is -1.10. The van der Waals surface area contributed by atoms with Crippen molar-refractivity contribution in [2.45, 2.75) is 19.8 Å². The van der Waals surface area contributed by atoms with Crippen molar-refractivity contribution in [1.82, 2.24) is 0 Å². The molecular formula is C7H11N2+. The molecule has 0 amide bonds. The molecule has 0 saturated carbocycles. The van der Waals surface area contributed by atoms with Gasteiger partial charge in [-0.2, -0.15) is 0 Å². The molecule has 0 atom stereocenters. The molecule has 0 saturated heterocycles. The van der Waals surface area contributed by atoms with E-state index in [1.807, 2.05) is 6.08 Å². The van der Waals surface area contributed by atoms with Crippen molar-refractivity contribution in [1.29, 1.82) is 5.39 Å². The van der Waals surface area contributed by atoms with Gasteiger partial charge in [0.15, 0.2) is 4.98 Å². The third kappa shape index (κ3) is 3.48. The highest BCUT2D eigenvalue weighted by atomic mass is 14.8. The highest BCUT2D eigenvalue weighted by Crippen LogP contribution is 2.00. The maximum absolute atomic E-state index is 8.24. The molecule has 2 heteroatoms. The number of allylic oxidation sites excluding steroid dienone is 2. The van der Waals surface area contributed by atoms with E-state index in [0.717, 1.165) is 12.8 Å². The summed E-state index contributed by atoms with van der Waals surface area (Å²) in [5, 5.41) is 8.24. The predicted molar refractivity (Wildman–Crippen MR) is 38.3 cm³/mol. The van der Waals surface area contributed by atoms with Crippen LogP contribution < -0.4 is 0 Å². The molecule has 0 aromatic carbocycles. The van der Waals surface area contributed by atoms with E-state index in [-0.39, 0.29) is 0 Å². The average molecular weight is 123 g/mol. The molecule has 0 aromatic heterocycles. The van der Waals surface area contributed by atoms with E-state index in [0.29, 0.717) is 5.70 Å². The van der Waals surface area contributed by atoms with Gasteiger partial charge in [-0.25, -0.2) is 0 Å². The third-order valence-corrected chi connectivity index (χ3v) is 0.967. The Labute approximate surface area is 55.5 Å². The van der Waals surface area contributed by atoms with Gasteiger partial charge in [-0.15, -0.1) is 0 Å². The molecule has 0 aliphatic carbocycles. The number of hydrogen-bond acceptors (Lipinski definition) is 1. The number of nitrogens with zero attached hydrogens (tertiary/aromatic N) is 2. The lowest BCUT2D eigenvalue weighted by Gasteiger charge is -1.75. The van der Waals surface area contributed by atoms with Crippen LogP contribution in [0.5, 0.6) is 0 Å². The van der Waals surface area contributed by atoms with Gasteiger partial charge in [-0.05, 0) is 6.42 Å². The van der Waals surface area contributed by atoms with Crippen LogP contribution in [-0.2, 0) is 0 Å². The highest BCUT2D eigenvalue weighted by Gasteiger charge is 1.99. The first kappa shape index (κ1) is 7.90. The monoisotopic (exact) mass is 123 g/mol. The molecule has 0 aliphatic heterocycles. The molecule has 0 N–H and O–H groups in total. The summed E-state index contributed by atoms with van der Waals surface area (Å²) in [6, 6.07) is 0. The fraction of sp³-hybridized carbons (Fsp3) is 0.429. The number of rotatable bonds is 3. The zero-order valence-electron chi connectivity index (χ0n) is 5.67. The van der Waals surface area contributed by atoms with Gasteiger partial charge in [0.2, 0.25) is 5.39 Å². The summed E-state index contributed by atoms with van der Waals surface area (Å²) in [5.74, 6) is 0. The zero-order valence-corrected chi connectivity index (χ0v) is 5.67. The van der Waals surface area contributed by atoms with E-state index in [1.165, 1.54) is 6.08 Å². The lowest BCUT2D eigenvalue weighted by Crippen LogP contribution is -1.66. The molecule has 2 nitrogen and oxygen atoms in total. The van der Waals surface area contributed by atoms with E-state index in [9.17, 15) is 0 Å². The summed E-state index contributed by atoms with van der Waals surface area (Å²) >= 11 is 0. The van der Waals surface area contributed by atoms with E-state index >= 15 is 0 Å². The van der Waals surface area contributed by atoms with Gasteiger partial charge in [-0.1, -0.05) is 19.9 Å². The topological polar surface area (TPSA) is 28.1 Å². The van der Waals surface area contributed by atoms with Crippen LogP contribution in [-0.4, -0.2) is 0 Å². The Morgan fingerprint density at radius 1 is 1.78 bits per heavy atom. The van der Waals surface area contributed by atoms with Gasteiger partial charge in [0.25, 0.3) is 0 Å². The Morgan fingerprint density at radius 3 is 2.78 bits per heavy atom. The van der Waals surface area contributed by atoms with Crippen LogP contribution in [0.15, 0.2) is 24.4 Å². The largest absolute Gasteiger partial charge is 0.380 e. The normalized spacial score (nSPS) is 10.4. The Bertz CT molecular complexity index is 151. The van der Waals surface area contributed by atoms with Gasteiger partial charge in [0.1, 0.15) is 0 Å². The second-order valence-electron chi connectivity index (χ2n) is 1.72. The van der Waals surface area contributed by atoms with E-state index in [4.69, 9.17) is 5.39 Å². The molecule has 48 valence electrons. The van der Waals surface area contributed by atoms with Crippen molar-refractivity contribution in [3.05, 3.63) is 29.4 Å². The zero-order chi connectivity index (χ0) is 7.11. The molecule has 0 bridgehead atoms. The minimum absolute atomic E-state index is 0.553. The van der Waals surface area contributed by atoms with Crippen LogP contribution in [0.1, 0.15) is 19.8 Å². The van der Waals surface area contributed by atoms with Crippen LogP contribution in [0.2, 0.25) is 0 Å². The second-order valence-corrected chi connectivity index (χ2v) is 1.72. The average Bonchev–Trinajstić information content (AvgIpc) is 1.91. The van der Waals surface area contributed by atoms with Crippen molar-refractivity contribution in [2.75, 3.05) is 0 Å². The Balaban J connectivity index is 3.80. The van der Waals surface area contributed by atoms with Gasteiger partial charge in [0, 0.05) is 12.2 Å². The molecule has 0 aromatic rings. The summed E-state index contributed by atoms with van der Waals surface area (Å²) in [5.41, 5.74) is 0.553. The first-order valence-corrected chi connectivity index (χ1v) is 3.02. The molecule has 0 fully saturated rings. The van der Waals surface area contributed by atoms with Crippen LogP contribution in [0.25, 0.3) is 4.98 Å². The van der Waals surface area contributed by atoms with Gasteiger partial charge in [-0.3, -0.25) is 0 Å². The van der Waals surface area contributed by atoms with Gasteiger partial charge >= 0.3 is 5.70 Å². The van der Waals surface area contributed by atoms with Crippen LogP contribution >= 0.6 is 0 Å². The van der Waals surface area contributed by atoms with Gasteiger partial charge in [0.05, 0.1) is 0 Å². The molecule has 0 aliphatic rings. The lowest BCUT2D eigenvalue weighted by atomic mass is 10.3. The van der Waals surface area contributed by atoms with E-state index in [2.05, 4.69) is 18.5 Å². The molecule has 0 rings (SSSR count). The van der Waals surface area contributed by atoms with Crippen molar-refractivity contribution in [3.63, 3.8) is 0 Å². The van der Waals surface area contributed by atoms with Crippen molar-refractivity contribution in [2.24, 2.45) is 0 Å². The number of unbranched alkanes of at least 4 members (excludes halogenated alkanes) is 1. The quantitative estimate of drug-likeness (QED) is 0.419. The van der Waals surface area contributed by atoms with E-state index in [1.54, 1.807) is 0 Å². The number of diazo groups is 1. The molecular weight excluding hydrogens is 112 g/mol. The third-order valence-electron chi connectivity index (χ3n) is 0.967. The molecule has 0 unspecified atom stereocenters. The van der Waals surface area contributed by atoms with Crippen molar-refractivity contribution >= 4 is 0 Å². The Kier molecular flexibility index (Phi) is 4.43. The second kappa shape index (κ2) is 5.04. The maximum Gasteiger partial charge on any atom is 0.380 e. The fourth-order valence-corrected chi connectivity index (χ4v) is 0.457. The summed E-state index contributed by atoms with van der Waals surface area (Å²) < 4.78 is 0. The van der Waals surface area contributed by atoms with Crippen LogP contribution in [0, 0.1) is 5.39 Å². The summed E-state index contributed by atoms with van der Waals surface area (Å²) in [6.45, 7) is 5.53. The van der Waals surface area contributed by atoms with Crippen molar-refractivity contribution in [3.8, 4) is 0 Å².